The minimum Gasteiger partial charge on any atom is -0.279 e. The van der Waals surface area contributed by atoms with E-state index in [1.54, 1.807) is 31.2 Å². The molecular formula is C16H13N3O4S. The summed E-state index contributed by atoms with van der Waals surface area (Å²) in [6.45, 7) is 1.67. The third-order valence-corrected chi connectivity index (χ3v) is 4.96. The van der Waals surface area contributed by atoms with Gasteiger partial charge in [0.25, 0.3) is 15.7 Å². The highest BCUT2D eigenvalue weighted by molar-refractivity contribution is 7.93. The molecule has 0 aliphatic carbocycles. The fraction of sp³-hybridized carbons (Fsp3) is 0.0625. The van der Waals surface area contributed by atoms with Crippen molar-refractivity contribution in [1.82, 2.24) is 4.98 Å². The maximum Gasteiger partial charge on any atom is 0.271 e. The maximum absolute atomic E-state index is 12.7. The number of benzene rings is 2. The first kappa shape index (κ1) is 15.9. The summed E-state index contributed by atoms with van der Waals surface area (Å²) in [4.78, 5) is 14.5. The van der Waals surface area contributed by atoms with E-state index in [1.807, 2.05) is 0 Å². The van der Waals surface area contributed by atoms with Gasteiger partial charge in [-0.3, -0.25) is 19.8 Å². The molecule has 0 bridgehead atoms. The largest absolute Gasteiger partial charge is 0.279 e. The number of hydrogen-bond acceptors (Lipinski definition) is 5. The van der Waals surface area contributed by atoms with Gasteiger partial charge in [0.1, 0.15) is 4.90 Å². The first-order valence-electron chi connectivity index (χ1n) is 7.00. The fourth-order valence-electron chi connectivity index (χ4n) is 2.33. The maximum atomic E-state index is 12.7. The van der Waals surface area contributed by atoms with E-state index in [-0.39, 0.29) is 16.3 Å². The molecule has 1 heterocycles. The van der Waals surface area contributed by atoms with Gasteiger partial charge in [-0.2, -0.15) is 0 Å². The smallest absolute Gasteiger partial charge is 0.271 e. The van der Waals surface area contributed by atoms with Gasteiger partial charge in [-0.05, 0) is 24.6 Å². The Morgan fingerprint density at radius 3 is 2.62 bits per heavy atom. The Hall–Kier alpha value is -3.00. The van der Waals surface area contributed by atoms with Crippen LogP contribution in [0.1, 0.15) is 5.56 Å². The zero-order valence-electron chi connectivity index (χ0n) is 12.6. The summed E-state index contributed by atoms with van der Waals surface area (Å²) in [5.41, 5.74) is 0.902. The average Bonchev–Trinajstić information content (AvgIpc) is 2.56. The molecule has 0 atom stereocenters. The number of aromatic nitrogens is 1. The van der Waals surface area contributed by atoms with Gasteiger partial charge in [0.15, 0.2) is 0 Å². The SMILES string of the molecule is Cc1ccc([N+](=O)[O-])cc1NS(=O)(=O)c1cccc2cccnc12. The zero-order chi connectivity index (χ0) is 17.3. The second kappa shape index (κ2) is 5.89. The third-order valence-electron chi connectivity index (χ3n) is 3.56. The van der Waals surface area contributed by atoms with Crippen LogP contribution in [0, 0.1) is 17.0 Å². The summed E-state index contributed by atoms with van der Waals surface area (Å²) in [6.07, 6.45) is 1.51. The number of fused-ring (bicyclic) bond motifs is 1. The van der Waals surface area contributed by atoms with E-state index in [9.17, 15) is 18.5 Å². The molecule has 0 amide bonds. The predicted molar refractivity (Wildman–Crippen MR) is 90.4 cm³/mol. The minimum absolute atomic E-state index is 0.0199. The number of nitro benzene ring substituents is 1. The second-order valence-corrected chi connectivity index (χ2v) is 6.84. The summed E-state index contributed by atoms with van der Waals surface area (Å²) < 4.78 is 27.9. The standard InChI is InChI=1S/C16H13N3O4S/c1-11-7-8-13(19(20)21)10-14(11)18-24(22,23)15-6-2-4-12-5-3-9-17-16(12)15/h2-10,18H,1H3. The average molecular weight is 343 g/mol. The molecule has 1 N–H and O–H groups in total. The molecule has 0 saturated carbocycles. The molecule has 8 heteroatoms. The molecule has 0 aliphatic rings. The first-order valence-corrected chi connectivity index (χ1v) is 8.48. The Morgan fingerprint density at radius 2 is 1.88 bits per heavy atom. The Balaban J connectivity index is 2.09. The highest BCUT2D eigenvalue weighted by atomic mass is 32.2. The molecular weight excluding hydrogens is 330 g/mol. The number of pyridine rings is 1. The molecule has 0 unspecified atom stereocenters. The van der Waals surface area contributed by atoms with Gasteiger partial charge >= 0.3 is 0 Å². The number of hydrogen-bond donors (Lipinski definition) is 1. The first-order chi connectivity index (χ1) is 11.4. The van der Waals surface area contributed by atoms with Crippen molar-refractivity contribution >= 4 is 32.3 Å². The Bertz CT molecular complexity index is 1040. The van der Waals surface area contributed by atoms with Crippen molar-refractivity contribution in [2.45, 2.75) is 11.8 Å². The third kappa shape index (κ3) is 2.91. The van der Waals surface area contributed by atoms with Crippen LogP contribution in [0.4, 0.5) is 11.4 Å². The van der Waals surface area contributed by atoms with Crippen LogP contribution in [0.2, 0.25) is 0 Å². The number of non-ortho nitro benzene ring substituents is 1. The number of aryl methyl sites for hydroxylation is 1. The summed E-state index contributed by atoms with van der Waals surface area (Å²) in [5.74, 6) is 0. The highest BCUT2D eigenvalue weighted by Crippen LogP contribution is 2.27. The van der Waals surface area contributed by atoms with Gasteiger partial charge in [0.05, 0.1) is 16.1 Å². The van der Waals surface area contributed by atoms with Gasteiger partial charge in [0.2, 0.25) is 0 Å². The van der Waals surface area contributed by atoms with Crippen molar-refractivity contribution < 1.29 is 13.3 Å². The van der Waals surface area contributed by atoms with Crippen LogP contribution in [-0.4, -0.2) is 18.3 Å². The summed E-state index contributed by atoms with van der Waals surface area (Å²) in [5, 5.41) is 11.6. The number of nitrogens with one attached hydrogen (secondary N) is 1. The monoisotopic (exact) mass is 343 g/mol. The van der Waals surface area contributed by atoms with E-state index < -0.39 is 14.9 Å². The number of sulfonamides is 1. The van der Waals surface area contributed by atoms with E-state index in [4.69, 9.17) is 0 Å². The quantitative estimate of drug-likeness (QED) is 0.578. The Morgan fingerprint density at radius 1 is 1.12 bits per heavy atom. The van der Waals surface area contributed by atoms with Crippen molar-refractivity contribution in [1.29, 1.82) is 0 Å². The topological polar surface area (TPSA) is 102 Å². The molecule has 3 aromatic rings. The number of rotatable bonds is 4. The zero-order valence-corrected chi connectivity index (χ0v) is 13.4. The normalized spacial score (nSPS) is 11.4. The van der Waals surface area contributed by atoms with Crippen LogP contribution in [0.5, 0.6) is 0 Å². The Kier molecular flexibility index (Phi) is 3.90. The minimum atomic E-state index is -3.94. The second-order valence-electron chi connectivity index (χ2n) is 5.19. The van der Waals surface area contributed by atoms with Crippen molar-refractivity contribution in [3.63, 3.8) is 0 Å². The molecule has 24 heavy (non-hydrogen) atoms. The van der Waals surface area contributed by atoms with E-state index in [1.165, 1.54) is 30.5 Å². The van der Waals surface area contributed by atoms with Crippen molar-refractivity contribution in [3.8, 4) is 0 Å². The van der Waals surface area contributed by atoms with Crippen molar-refractivity contribution in [3.05, 3.63) is 70.4 Å². The molecule has 3 rings (SSSR count). The molecule has 7 nitrogen and oxygen atoms in total. The summed E-state index contributed by atoms with van der Waals surface area (Å²) >= 11 is 0. The molecule has 1 aromatic heterocycles. The van der Waals surface area contributed by atoms with E-state index in [0.717, 1.165) is 0 Å². The lowest BCUT2D eigenvalue weighted by Crippen LogP contribution is -2.14. The molecule has 0 aliphatic heterocycles. The van der Waals surface area contributed by atoms with Gasteiger partial charge < -0.3 is 0 Å². The summed E-state index contributed by atoms with van der Waals surface area (Å²) in [7, 11) is -3.94. The van der Waals surface area contributed by atoms with Crippen molar-refractivity contribution in [2.24, 2.45) is 0 Å². The number of nitro groups is 1. The Labute approximate surface area is 138 Å². The molecule has 2 aromatic carbocycles. The van der Waals surface area contributed by atoms with Crippen LogP contribution in [-0.2, 0) is 10.0 Å². The van der Waals surface area contributed by atoms with Gasteiger partial charge in [-0.1, -0.05) is 24.3 Å². The van der Waals surface area contributed by atoms with E-state index in [0.29, 0.717) is 16.5 Å². The predicted octanol–water partition coefficient (Wildman–Crippen LogP) is 3.25. The lowest BCUT2D eigenvalue weighted by Gasteiger charge is -2.11. The van der Waals surface area contributed by atoms with Crippen molar-refractivity contribution in [2.75, 3.05) is 4.72 Å². The number of nitrogens with zero attached hydrogens (tertiary/aromatic N) is 2. The van der Waals surface area contributed by atoms with Crippen LogP contribution in [0.25, 0.3) is 10.9 Å². The molecule has 0 radical (unpaired) electrons. The van der Waals surface area contributed by atoms with Crippen LogP contribution < -0.4 is 4.72 Å². The van der Waals surface area contributed by atoms with Crippen LogP contribution in [0.15, 0.2) is 59.6 Å². The highest BCUT2D eigenvalue weighted by Gasteiger charge is 2.20. The lowest BCUT2D eigenvalue weighted by atomic mass is 10.2. The molecule has 0 fully saturated rings. The fourth-order valence-corrected chi connectivity index (χ4v) is 3.63. The van der Waals surface area contributed by atoms with Crippen LogP contribution in [0.3, 0.4) is 0 Å². The number of anilines is 1. The van der Waals surface area contributed by atoms with E-state index in [2.05, 4.69) is 9.71 Å². The molecule has 0 spiro atoms. The summed E-state index contributed by atoms with van der Waals surface area (Å²) in [6, 6.07) is 12.3. The van der Waals surface area contributed by atoms with Gasteiger partial charge in [-0.25, -0.2) is 8.42 Å². The molecule has 122 valence electrons. The van der Waals surface area contributed by atoms with Gasteiger partial charge in [-0.15, -0.1) is 0 Å². The van der Waals surface area contributed by atoms with Crippen LogP contribution >= 0.6 is 0 Å². The molecule has 0 saturated heterocycles. The van der Waals surface area contributed by atoms with E-state index >= 15 is 0 Å². The number of para-hydroxylation sites is 1. The van der Waals surface area contributed by atoms with Gasteiger partial charge in [0, 0.05) is 23.7 Å². The lowest BCUT2D eigenvalue weighted by molar-refractivity contribution is -0.384.